The van der Waals surface area contributed by atoms with Crippen LogP contribution < -0.4 is 0 Å². The Kier molecular flexibility index (Phi) is 9.29. The number of nitro groups is 1. The normalized spacial score (nSPS) is 11.0. The summed E-state index contributed by atoms with van der Waals surface area (Å²) in [5.74, 6) is -0.674. The molecule has 9 heteroatoms. The number of methoxy groups -OCH3 is 1. The highest BCUT2D eigenvalue weighted by molar-refractivity contribution is 5.97. The van der Waals surface area contributed by atoms with Gasteiger partial charge in [-0.25, -0.2) is 0 Å². The van der Waals surface area contributed by atoms with E-state index in [2.05, 4.69) is 11.1 Å². The molecule has 4 rings (SSSR count). The molecule has 0 aliphatic carbocycles. The van der Waals surface area contributed by atoms with Crippen LogP contribution in [0.5, 0.6) is 0 Å². The molecule has 40 heavy (non-hydrogen) atoms. The van der Waals surface area contributed by atoms with Gasteiger partial charge in [-0.2, -0.15) is 0 Å². The van der Waals surface area contributed by atoms with Gasteiger partial charge in [0.1, 0.15) is 6.54 Å². The van der Waals surface area contributed by atoms with E-state index in [0.717, 1.165) is 27.6 Å². The van der Waals surface area contributed by atoms with Crippen LogP contribution in [0, 0.1) is 24.0 Å². The summed E-state index contributed by atoms with van der Waals surface area (Å²) >= 11 is 0. The van der Waals surface area contributed by atoms with Crippen molar-refractivity contribution in [2.24, 2.45) is 0 Å². The summed E-state index contributed by atoms with van der Waals surface area (Å²) < 4.78 is 5.20. The van der Waals surface area contributed by atoms with Gasteiger partial charge in [0.25, 0.3) is 11.6 Å². The van der Waals surface area contributed by atoms with Crippen molar-refractivity contribution in [2.75, 3.05) is 33.4 Å². The SMILES string of the molecule is COCCN(CC(=O)N(CCc1c[nH]c2ccccc12)Cc1ccc(C)cc1)C(=O)c1ccc(C)c([N+](=O)[O-])c1. The zero-order valence-electron chi connectivity index (χ0n) is 23.1. The number of aromatic nitrogens is 1. The predicted molar refractivity (Wildman–Crippen MR) is 154 cm³/mol. The van der Waals surface area contributed by atoms with Crippen LogP contribution >= 0.6 is 0 Å². The van der Waals surface area contributed by atoms with Crippen LogP contribution in [0.4, 0.5) is 5.69 Å². The summed E-state index contributed by atoms with van der Waals surface area (Å²) in [6, 6.07) is 20.4. The Morgan fingerprint density at radius 1 is 0.975 bits per heavy atom. The molecule has 0 aliphatic heterocycles. The standard InChI is InChI=1S/C31H34N4O5/c1-22-8-11-24(12-9-22)20-33(15-14-26-19-32-28-7-5-4-6-27(26)28)30(36)21-34(16-17-40-3)31(37)25-13-10-23(2)29(18-25)35(38)39/h4-13,18-19,32H,14-17,20-21H2,1-3H3. The van der Waals surface area contributed by atoms with Crippen molar-refractivity contribution < 1.29 is 19.2 Å². The van der Waals surface area contributed by atoms with Gasteiger partial charge in [-0.05, 0) is 43.5 Å². The van der Waals surface area contributed by atoms with Gasteiger partial charge in [0.15, 0.2) is 0 Å². The number of nitrogens with one attached hydrogen (secondary N) is 1. The first-order valence-electron chi connectivity index (χ1n) is 13.2. The molecular formula is C31H34N4O5. The van der Waals surface area contributed by atoms with Crippen LogP contribution in [-0.2, 0) is 22.5 Å². The first-order chi connectivity index (χ1) is 19.3. The number of nitro benzene ring substituents is 1. The molecular weight excluding hydrogens is 508 g/mol. The lowest BCUT2D eigenvalue weighted by molar-refractivity contribution is -0.385. The molecule has 4 aromatic rings. The average Bonchev–Trinajstić information content (AvgIpc) is 3.37. The molecule has 1 N–H and O–H groups in total. The van der Waals surface area contributed by atoms with Crippen LogP contribution in [0.15, 0.2) is 72.9 Å². The van der Waals surface area contributed by atoms with E-state index in [9.17, 15) is 19.7 Å². The zero-order valence-corrected chi connectivity index (χ0v) is 23.1. The van der Waals surface area contributed by atoms with Gasteiger partial charge in [0.2, 0.25) is 5.91 Å². The number of ether oxygens (including phenoxy) is 1. The third kappa shape index (κ3) is 6.92. The van der Waals surface area contributed by atoms with Gasteiger partial charge in [-0.3, -0.25) is 19.7 Å². The molecule has 0 saturated carbocycles. The number of nitrogens with zero attached hydrogens (tertiary/aromatic N) is 3. The van der Waals surface area contributed by atoms with Gasteiger partial charge < -0.3 is 19.5 Å². The second-order valence-electron chi connectivity index (χ2n) is 9.89. The monoisotopic (exact) mass is 542 g/mol. The molecule has 208 valence electrons. The second-order valence-corrected chi connectivity index (χ2v) is 9.89. The first-order valence-corrected chi connectivity index (χ1v) is 13.2. The third-order valence-corrected chi connectivity index (χ3v) is 7.00. The molecule has 9 nitrogen and oxygen atoms in total. The van der Waals surface area contributed by atoms with Crippen LogP contribution in [0.1, 0.15) is 32.6 Å². The van der Waals surface area contributed by atoms with Crippen molar-refractivity contribution in [3.8, 4) is 0 Å². The number of carbonyl (C=O) groups is 2. The number of rotatable bonds is 12. The first kappa shape index (κ1) is 28.5. The molecule has 1 aromatic heterocycles. The fraction of sp³-hybridized carbons (Fsp3) is 0.290. The lowest BCUT2D eigenvalue weighted by Crippen LogP contribution is -2.44. The second kappa shape index (κ2) is 13.0. The van der Waals surface area contributed by atoms with E-state index in [1.165, 1.54) is 18.1 Å². The lowest BCUT2D eigenvalue weighted by Gasteiger charge is -2.28. The lowest BCUT2D eigenvalue weighted by atomic mass is 10.1. The molecule has 0 saturated heterocycles. The maximum absolute atomic E-state index is 13.8. The van der Waals surface area contributed by atoms with E-state index >= 15 is 0 Å². The number of hydrogen-bond donors (Lipinski definition) is 1. The van der Waals surface area contributed by atoms with Crippen LogP contribution in [0.3, 0.4) is 0 Å². The van der Waals surface area contributed by atoms with E-state index in [4.69, 9.17) is 4.74 Å². The van der Waals surface area contributed by atoms with Crippen molar-refractivity contribution in [1.82, 2.24) is 14.8 Å². The fourth-order valence-corrected chi connectivity index (χ4v) is 4.64. The van der Waals surface area contributed by atoms with Crippen LogP contribution in [0.2, 0.25) is 0 Å². The highest BCUT2D eigenvalue weighted by Crippen LogP contribution is 2.21. The average molecular weight is 543 g/mol. The number of hydrogen-bond acceptors (Lipinski definition) is 5. The summed E-state index contributed by atoms with van der Waals surface area (Å²) in [4.78, 5) is 44.6. The molecule has 2 amide bonds. The summed E-state index contributed by atoms with van der Waals surface area (Å²) in [5, 5.41) is 12.6. The minimum Gasteiger partial charge on any atom is -0.383 e. The Morgan fingerprint density at radius 2 is 1.73 bits per heavy atom. The summed E-state index contributed by atoms with van der Waals surface area (Å²) in [6.07, 6.45) is 2.61. The van der Waals surface area contributed by atoms with E-state index in [1.807, 2.05) is 55.6 Å². The van der Waals surface area contributed by atoms with Crippen molar-refractivity contribution in [1.29, 1.82) is 0 Å². The Balaban J connectivity index is 1.57. The van der Waals surface area contributed by atoms with E-state index in [1.54, 1.807) is 24.0 Å². The Bertz CT molecular complexity index is 1500. The number of para-hydroxylation sites is 1. The van der Waals surface area contributed by atoms with Crippen LogP contribution in [0.25, 0.3) is 10.9 Å². The molecule has 0 bridgehead atoms. The Hall–Kier alpha value is -4.50. The molecule has 0 aliphatic rings. The predicted octanol–water partition coefficient (Wildman–Crippen LogP) is 5.05. The van der Waals surface area contributed by atoms with Gasteiger partial charge >= 0.3 is 0 Å². The molecule has 0 atom stereocenters. The van der Waals surface area contributed by atoms with Crippen molar-refractivity contribution in [2.45, 2.75) is 26.8 Å². The number of aromatic amines is 1. The largest absolute Gasteiger partial charge is 0.383 e. The molecule has 3 aromatic carbocycles. The Labute approximate surface area is 233 Å². The number of carbonyl (C=O) groups excluding carboxylic acids is 2. The zero-order chi connectivity index (χ0) is 28.6. The maximum atomic E-state index is 13.8. The van der Waals surface area contributed by atoms with Gasteiger partial charge in [0, 0.05) is 61.0 Å². The quantitative estimate of drug-likeness (QED) is 0.199. The van der Waals surface area contributed by atoms with Gasteiger partial charge in [-0.15, -0.1) is 0 Å². The Morgan fingerprint density at radius 3 is 2.45 bits per heavy atom. The van der Waals surface area contributed by atoms with Crippen molar-refractivity contribution in [3.63, 3.8) is 0 Å². The number of fused-ring (bicyclic) bond motifs is 1. The summed E-state index contributed by atoms with van der Waals surface area (Å²) in [7, 11) is 1.52. The van der Waals surface area contributed by atoms with Crippen LogP contribution in [-0.4, -0.2) is 64.9 Å². The van der Waals surface area contributed by atoms with E-state index < -0.39 is 10.8 Å². The highest BCUT2D eigenvalue weighted by atomic mass is 16.6. The number of H-pyrrole nitrogens is 1. The third-order valence-electron chi connectivity index (χ3n) is 7.00. The smallest absolute Gasteiger partial charge is 0.273 e. The highest BCUT2D eigenvalue weighted by Gasteiger charge is 2.24. The van der Waals surface area contributed by atoms with Crippen molar-refractivity contribution >= 4 is 28.4 Å². The van der Waals surface area contributed by atoms with Gasteiger partial charge in [-0.1, -0.05) is 54.1 Å². The number of benzene rings is 3. The maximum Gasteiger partial charge on any atom is 0.273 e. The van der Waals surface area contributed by atoms with Crippen molar-refractivity contribution in [3.05, 3.63) is 111 Å². The molecule has 1 heterocycles. The topological polar surface area (TPSA) is 109 Å². The molecule has 0 fully saturated rings. The van der Waals surface area contributed by atoms with E-state index in [-0.39, 0.29) is 36.9 Å². The molecule has 0 unspecified atom stereocenters. The summed E-state index contributed by atoms with van der Waals surface area (Å²) in [6.45, 7) is 4.70. The fourth-order valence-electron chi connectivity index (χ4n) is 4.64. The van der Waals surface area contributed by atoms with E-state index in [0.29, 0.717) is 25.1 Å². The molecule has 0 radical (unpaired) electrons. The molecule has 0 spiro atoms. The van der Waals surface area contributed by atoms with Gasteiger partial charge in [0.05, 0.1) is 11.5 Å². The number of amides is 2. The number of aryl methyl sites for hydroxylation is 2. The minimum atomic E-state index is -0.509. The summed E-state index contributed by atoms with van der Waals surface area (Å²) in [5.41, 5.74) is 4.75. The minimum absolute atomic E-state index is 0.136.